The van der Waals surface area contributed by atoms with Crippen molar-refractivity contribution in [1.29, 1.82) is 0 Å². The van der Waals surface area contributed by atoms with Gasteiger partial charge in [0.05, 0.1) is 11.3 Å². The van der Waals surface area contributed by atoms with E-state index in [1.54, 1.807) is 24.3 Å². The average molecular weight is 351 g/mol. The second-order valence-corrected chi connectivity index (χ2v) is 6.47. The first-order chi connectivity index (χ1) is 12.4. The average Bonchev–Trinajstić information content (AvgIpc) is 2.73. The molecule has 0 bridgehead atoms. The lowest BCUT2D eigenvalue weighted by molar-refractivity contribution is -0.118. The van der Waals surface area contributed by atoms with Gasteiger partial charge in [0.15, 0.2) is 0 Å². The molecule has 0 fully saturated rings. The van der Waals surface area contributed by atoms with Crippen LogP contribution in [0.4, 0.5) is 11.4 Å². The van der Waals surface area contributed by atoms with E-state index in [1.165, 1.54) is 0 Å². The highest BCUT2D eigenvalue weighted by Gasteiger charge is 2.27. The molecule has 3 N–H and O–H groups in total. The zero-order chi connectivity index (χ0) is 18.7. The van der Waals surface area contributed by atoms with E-state index >= 15 is 0 Å². The van der Waals surface area contributed by atoms with E-state index < -0.39 is 6.04 Å². The van der Waals surface area contributed by atoms with Gasteiger partial charge in [0.1, 0.15) is 6.04 Å². The predicted molar refractivity (Wildman–Crippen MR) is 100 cm³/mol. The predicted octanol–water partition coefficient (Wildman–Crippen LogP) is 2.77. The summed E-state index contributed by atoms with van der Waals surface area (Å²) in [7, 11) is 0. The van der Waals surface area contributed by atoms with Crippen molar-refractivity contribution in [1.82, 2.24) is 5.32 Å². The van der Waals surface area contributed by atoms with Crippen LogP contribution in [-0.4, -0.2) is 23.8 Å². The van der Waals surface area contributed by atoms with Gasteiger partial charge in [-0.15, -0.1) is 0 Å². The molecule has 0 unspecified atom stereocenters. The fourth-order valence-corrected chi connectivity index (χ4v) is 2.87. The van der Waals surface area contributed by atoms with E-state index in [2.05, 4.69) is 16.0 Å². The van der Waals surface area contributed by atoms with Crippen LogP contribution in [0.5, 0.6) is 0 Å². The molecule has 0 aliphatic carbocycles. The molecule has 3 amide bonds. The Hall–Kier alpha value is -3.15. The van der Waals surface area contributed by atoms with Crippen molar-refractivity contribution in [2.45, 2.75) is 32.7 Å². The molecule has 0 radical (unpaired) electrons. The first-order valence-corrected chi connectivity index (χ1v) is 8.52. The number of fused-ring (bicyclic) bond motifs is 1. The minimum atomic E-state index is -0.751. The molecule has 0 aromatic heterocycles. The fraction of sp³-hybridized carbons (Fsp3) is 0.250. The van der Waals surface area contributed by atoms with Crippen LogP contribution in [-0.2, 0) is 9.59 Å². The van der Waals surface area contributed by atoms with Crippen molar-refractivity contribution in [3.63, 3.8) is 0 Å². The number of anilines is 2. The smallest absolute Gasteiger partial charge is 0.254 e. The molecule has 0 spiro atoms. The Bertz CT molecular complexity index is 876. The number of benzene rings is 2. The van der Waals surface area contributed by atoms with Crippen LogP contribution < -0.4 is 16.0 Å². The van der Waals surface area contributed by atoms with E-state index in [9.17, 15) is 14.4 Å². The third-order valence-electron chi connectivity index (χ3n) is 4.38. The molecule has 0 saturated heterocycles. The molecule has 1 heterocycles. The van der Waals surface area contributed by atoms with Gasteiger partial charge >= 0.3 is 0 Å². The molecule has 2 aromatic carbocycles. The van der Waals surface area contributed by atoms with Crippen LogP contribution in [0.2, 0.25) is 0 Å². The van der Waals surface area contributed by atoms with Crippen molar-refractivity contribution in [3.8, 4) is 0 Å². The lowest BCUT2D eigenvalue weighted by Crippen LogP contribution is -2.41. The number of nitrogens with one attached hydrogen (secondary N) is 3. The van der Waals surface area contributed by atoms with Crippen molar-refractivity contribution in [3.05, 3.63) is 59.2 Å². The SMILES string of the molecule is Cc1ccc(C)c(NC(=O)CC[C@H]2NC(=O)c3ccccc3NC2=O)c1. The third kappa shape index (κ3) is 3.91. The van der Waals surface area contributed by atoms with Gasteiger partial charge in [0.25, 0.3) is 5.91 Å². The van der Waals surface area contributed by atoms with Crippen LogP contribution >= 0.6 is 0 Å². The zero-order valence-electron chi connectivity index (χ0n) is 14.8. The van der Waals surface area contributed by atoms with E-state index in [0.717, 1.165) is 16.8 Å². The van der Waals surface area contributed by atoms with Gasteiger partial charge in [0.2, 0.25) is 11.8 Å². The summed E-state index contributed by atoms with van der Waals surface area (Å²) in [6, 6.07) is 11.9. The Morgan fingerprint density at radius 1 is 1.12 bits per heavy atom. The minimum absolute atomic E-state index is 0.127. The van der Waals surface area contributed by atoms with Gasteiger partial charge in [-0.3, -0.25) is 14.4 Å². The summed E-state index contributed by atoms with van der Waals surface area (Å²) in [5.74, 6) is -0.829. The Morgan fingerprint density at radius 3 is 2.69 bits per heavy atom. The summed E-state index contributed by atoms with van der Waals surface area (Å²) in [5.41, 5.74) is 3.69. The monoisotopic (exact) mass is 351 g/mol. The van der Waals surface area contributed by atoms with Crippen molar-refractivity contribution in [2.75, 3.05) is 10.6 Å². The molecule has 1 aliphatic heterocycles. The van der Waals surface area contributed by atoms with Crippen molar-refractivity contribution >= 4 is 29.1 Å². The van der Waals surface area contributed by atoms with Crippen LogP contribution in [0.3, 0.4) is 0 Å². The van der Waals surface area contributed by atoms with Crippen LogP contribution in [0.1, 0.15) is 34.3 Å². The van der Waals surface area contributed by atoms with Gasteiger partial charge in [-0.2, -0.15) is 0 Å². The lowest BCUT2D eigenvalue weighted by Gasteiger charge is -2.15. The second-order valence-electron chi connectivity index (χ2n) is 6.47. The van der Waals surface area contributed by atoms with Gasteiger partial charge in [0, 0.05) is 12.1 Å². The molecule has 3 rings (SSSR count). The summed E-state index contributed by atoms with van der Waals surface area (Å²) in [5, 5.41) is 8.30. The summed E-state index contributed by atoms with van der Waals surface area (Å²) < 4.78 is 0. The van der Waals surface area contributed by atoms with Gasteiger partial charge < -0.3 is 16.0 Å². The number of para-hydroxylation sites is 1. The molecule has 6 nitrogen and oxygen atoms in total. The van der Waals surface area contributed by atoms with E-state index in [1.807, 2.05) is 32.0 Å². The molecule has 134 valence electrons. The first kappa shape index (κ1) is 17.7. The Labute approximate surface area is 152 Å². The highest BCUT2D eigenvalue weighted by Crippen LogP contribution is 2.20. The van der Waals surface area contributed by atoms with E-state index in [4.69, 9.17) is 0 Å². The largest absolute Gasteiger partial charge is 0.340 e. The number of hydrogen-bond donors (Lipinski definition) is 3. The van der Waals surface area contributed by atoms with Gasteiger partial charge in [-0.25, -0.2) is 0 Å². The van der Waals surface area contributed by atoms with Gasteiger partial charge in [-0.05, 0) is 49.6 Å². The molecule has 26 heavy (non-hydrogen) atoms. The number of carbonyl (C=O) groups is 3. The molecular weight excluding hydrogens is 330 g/mol. The molecular formula is C20H21N3O3. The summed E-state index contributed by atoms with van der Waals surface area (Å²) in [6.07, 6.45) is 0.352. The number of carbonyl (C=O) groups excluding carboxylic acids is 3. The minimum Gasteiger partial charge on any atom is -0.340 e. The molecule has 1 aliphatic rings. The second kappa shape index (κ2) is 7.39. The maximum absolute atomic E-state index is 12.3. The van der Waals surface area contributed by atoms with E-state index in [-0.39, 0.29) is 30.6 Å². The van der Waals surface area contributed by atoms with Crippen LogP contribution in [0, 0.1) is 13.8 Å². The third-order valence-corrected chi connectivity index (χ3v) is 4.38. The highest BCUT2D eigenvalue weighted by atomic mass is 16.2. The molecule has 0 saturated carbocycles. The van der Waals surface area contributed by atoms with E-state index in [0.29, 0.717) is 11.3 Å². The molecule has 6 heteroatoms. The summed E-state index contributed by atoms with van der Waals surface area (Å²) >= 11 is 0. The maximum Gasteiger partial charge on any atom is 0.254 e. The topological polar surface area (TPSA) is 87.3 Å². The van der Waals surface area contributed by atoms with Crippen molar-refractivity contribution in [2.24, 2.45) is 0 Å². The summed E-state index contributed by atoms with van der Waals surface area (Å²) in [6.45, 7) is 3.88. The quantitative estimate of drug-likeness (QED) is 0.791. The van der Waals surface area contributed by atoms with Gasteiger partial charge in [-0.1, -0.05) is 24.3 Å². The number of aryl methyl sites for hydroxylation is 2. The Balaban J connectivity index is 1.62. The fourth-order valence-electron chi connectivity index (χ4n) is 2.87. The number of hydrogen-bond acceptors (Lipinski definition) is 3. The van der Waals surface area contributed by atoms with Crippen LogP contribution in [0.15, 0.2) is 42.5 Å². The zero-order valence-corrected chi connectivity index (χ0v) is 14.8. The Kier molecular flexibility index (Phi) is 5.02. The number of amides is 3. The number of rotatable bonds is 4. The molecule has 2 aromatic rings. The normalized spacial score (nSPS) is 16.2. The highest BCUT2D eigenvalue weighted by molar-refractivity contribution is 6.10. The van der Waals surface area contributed by atoms with Crippen molar-refractivity contribution < 1.29 is 14.4 Å². The maximum atomic E-state index is 12.3. The Morgan fingerprint density at radius 2 is 1.88 bits per heavy atom. The molecule has 1 atom stereocenters. The first-order valence-electron chi connectivity index (χ1n) is 8.52. The van der Waals surface area contributed by atoms with Crippen LogP contribution in [0.25, 0.3) is 0 Å². The standard InChI is InChI=1S/C20H21N3O3/c1-12-7-8-13(2)17(11-12)21-18(24)10-9-16-20(26)22-15-6-4-3-5-14(15)19(25)23-16/h3-8,11,16H,9-10H2,1-2H3,(H,21,24)(H,22,26)(H,23,25)/t16-/m1/s1. The summed E-state index contributed by atoms with van der Waals surface area (Å²) in [4.78, 5) is 36.9. The lowest BCUT2D eigenvalue weighted by atomic mass is 10.1.